The van der Waals surface area contributed by atoms with Crippen molar-refractivity contribution in [1.29, 1.82) is 0 Å². The highest BCUT2D eigenvalue weighted by Crippen LogP contribution is 2.36. The smallest absolute Gasteiger partial charge is 0.0565 e. The molecule has 0 aromatic carbocycles. The highest BCUT2D eigenvalue weighted by molar-refractivity contribution is 4.80. The van der Waals surface area contributed by atoms with Crippen molar-refractivity contribution >= 4 is 0 Å². The molecule has 1 N–H and O–H groups in total. The van der Waals surface area contributed by atoms with E-state index in [1.165, 1.54) is 0 Å². The van der Waals surface area contributed by atoms with E-state index < -0.39 is 0 Å². The van der Waals surface area contributed by atoms with Crippen molar-refractivity contribution in [3.05, 3.63) is 0 Å². The summed E-state index contributed by atoms with van der Waals surface area (Å²) in [6.45, 7) is 15.6. The number of rotatable bonds is 4. The van der Waals surface area contributed by atoms with E-state index in [1.807, 2.05) is 0 Å². The van der Waals surface area contributed by atoms with Crippen LogP contribution in [-0.4, -0.2) is 11.2 Å². The Morgan fingerprint density at radius 2 is 1.43 bits per heavy atom. The van der Waals surface area contributed by atoms with Crippen molar-refractivity contribution in [3.63, 3.8) is 0 Å². The lowest BCUT2D eigenvalue weighted by Crippen LogP contribution is -2.33. The summed E-state index contributed by atoms with van der Waals surface area (Å²) >= 11 is 0. The minimum absolute atomic E-state index is 0.144. The minimum Gasteiger partial charge on any atom is -0.393 e. The Morgan fingerprint density at radius 1 is 1.00 bits per heavy atom. The van der Waals surface area contributed by atoms with Gasteiger partial charge in [0.1, 0.15) is 0 Å². The van der Waals surface area contributed by atoms with Crippen LogP contribution >= 0.6 is 0 Å². The second-order valence-electron chi connectivity index (χ2n) is 5.85. The third kappa shape index (κ3) is 3.61. The van der Waals surface area contributed by atoms with Crippen molar-refractivity contribution < 1.29 is 5.11 Å². The molecule has 0 rings (SSSR count). The average molecular weight is 200 g/mol. The lowest BCUT2D eigenvalue weighted by molar-refractivity contribution is 0.0423. The Bertz CT molecular complexity index is 157. The summed E-state index contributed by atoms with van der Waals surface area (Å²) in [6, 6.07) is 0. The second-order valence-corrected chi connectivity index (χ2v) is 5.85. The van der Waals surface area contributed by atoms with E-state index in [4.69, 9.17) is 0 Å². The van der Waals surface area contributed by atoms with Crippen LogP contribution in [0.1, 0.15) is 54.9 Å². The molecule has 0 saturated carbocycles. The van der Waals surface area contributed by atoms with E-state index >= 15 is 0 Å². The van der Waals surface area contributed by atoms with Crippen molar-refractivity contribution in [3.8, 4) is 0 Å². The zero-order chi connectivity index (χ0) is 11.5. The molecule has 0 saturated heterocycles. The van der Waals surface area contributed by atoms with Crippen LogP contribution in [0.4, 0.5) is 0 Å². The van der Waals surface area contributed by atoms with Gasteiger partial charge in [0.05, 0.1) is 6.10 Å². The van der Waals surface area contributed by atoms with Crippen LogP contribution in [0.25, 0.3) is 0 Å². The predicted molar refractivity (Wildman–Crippen MR) is 63.2 cm³/mol. The zero-order valence-corrected chi connectivity index (χ0v) is 11.0. The Hall–Kier alpha value is -0.0400. The molecule has 0 aromatic heterocycles. The van der Waals surface area contributed by atoms with Gasteiger partial charge in [0.15, 0.2) is 0 Å². The molecule has 0 radical (unpaired) electrons. The van der Waals surface area contributed by atoms with Crippen LogP contribution in [0.5, 0.6) is 0 Å². The number of aliphatic hydroxyl groups excluding tert-OH is 1. The molecule has 0 aromatic rings. The van der Waals surface area contributed by atoms with E-state index in [0.29, 0.717) is 23.2 Å². The number of hydrogen-bond donors (Lipinski definition) is 1. The van der Waals surface area contributed by atoms with Crippen LogP contribution in [0.3, 0.4) is 0 Å². The van der Waals surface area contributed by atoms with Gasteiger partial charge in [-0.25, -0.2) is 0 Å². The lowest BCUT2D eigenvalue weighted by Gasteiger charge is -2.37. The standard InChI is InChI=1S/C13H28O/c1-8-12(14)10(3)9(2)11(4)13(5,6)7/h9-12,14H,8H2,1-7H3. The highest BCUT2D eigenvalue weighted by Gasteiger charge is 2.30. The zero-order valence-electron chi connectivity index (χ0n) is 11.0. The average Bonchev–Trinajstić information content (AvgIpc) is 2.11. The molecule has 4 atom stereocenters. The summed E-state index contributed by atoms with van der Waals surface area (Å²) in [5.74, 6) is 1.61. The maximum Gasteiger partial charge on any atom is 0.0565 e. The molecule has 0 aliphatic heterocycles. The van der Waals surface area contributed by atoms with Gasteiger partial charge in [0.2, 0.25) is 0 Å². The Balaban J connectivity index is 4.38. The van der Waals surface area contributed by atoms with Gasteiger partial charge < -0.3 is 5.11 Å². The molecule has 1 heteroatoms. The molecular formula is C13H28O. The van der Waals surface area contributed by atoms with E-state index in [9.17, 15) is 5.11 Å². The molecular weight excluding hydrogens is 172 g/mol. The first-order valence-corrected chi connectivity index (χ1v) is 5.89. The highest BCUT2D eigenvalue weighted by atomic mass is 16.3. The van der Waals surface area contributed by atoms with E-state index in [-0.39, 0.29) is 6.10 Å². The van der Waals surface area contributed by atoms with Gasteiger partial charge in [0.25, 0.3) is 0 Å². The summed E-state index contributed by atoms with van der Waals surface area (Å²) in [6.07, 6.45) is 0.720. The fourth-order valence-electron chi connectivity index (χ4n) is 1.97. The molecule has 0 aliphatic rings. The molecule has 4 unspecified atom stereocenters. The molecule has 0 bridgehead atoms. The molecule has 1 nitrogen and oxygen atoms in total. The Labute approximate surface area is 89.9 Å². The van der Waals surface area contributed by atoms with Crippen LogP contribution in [0.2, 0.25) is 0 Å². The van der Waals surface area contributed by atoms with Crippen LogP contribution < -0.4 is 0 Å². The Kier molecular flexibility index (Phi) is 5.14. The largest absolute Gasteiger partial charge is 0.393 e. The first kappa shape index (κ1) is 14.0. The van der Waals surface area contributed by atoms with Gasteiger partial charge in [-0.1, -0.05) is 48.5 Å². The summed E-state index contributed by atoms with van der Waals surface area (Å²) in [7, 11) is 0. The van der Waals surface area contributed by atoms with Crippen molar-refractivity contribution in [2.75, 3.05) is 0 Å². The van der Waals surface area contributed by atoms with Crippen LogP contribution in [0.15, 0.2) is 0 Å². The molecule has 14 heavy (non-hydrogen) atoms. The van der Waals surface area contributed by atoms with E-state index in [1.54, 1.807) is 0 Å². The van der Waals surface area contributed by atoms with Gasteiger partial charge >= 0.3 is 0 Å². The molecule has 0 spiro atoms. The maximum absolute atomic E-state index is 9.81. The maximum atomic E-state index is 9.81. The number of hydrogen-bond acceptors (Lipinski definition) is 1. The normalized spacial score (nSPS) is 21.4. The van der Waals surface area contributed by atoms with Gasteiger partial charge in [0, 0.05) is 0 Å². The Morgan fingerprint density at radius 3 is 1.71 bits per heavy atom. The fraction of sp³-hybridized carbons (Fsp3) is 1.00. The van der Waals surface area contributed by atoms with Gasteiger partial charge in [-0.2, -0.15) is 0 Å². The van der Waals surface area contributed by atoms with Crippen LogP contribution in [0, 0.1) is 23.2 Å². The minimum atomic E-state index is -0.144. The van der Waals surface area contributed by atoms with E-state index in [0.717, 1.165) is 6.42 Å². The quantitative estimate of drug-likeness (QED) is 0.733. The first-order chi connectivity index (χ1) is 6.21. The first-order valence-electron chi connectivity index (χ1n) is 5.89. The number of aliphatic hydroxyl groups is 1. The lowest BCUT2D eigenvalue weighted by atomic mass is 9.69. The SMILES string of the molecule is CCC(O)C(C)C(C)C(C)C(C)(C)C. The molecule has 0 amide bonds. The third-order valence-corrected chi connectivity index (χ3v) is 4.01. The molecule has 86 valence electrons. The van der Waals surface area contributed by atoms with Gasteiger partial charge in [-0.15, -0.1) is 0 Å². The van der Waals surface area contributed by atoms with Crippen molar-refractivity contribution in [2.45, 2.75) is 61.0 Å². The molecule has 0 aliphatic carbocycles. The fourth-order valence-corrected chi connectivity index (χ4v) is 1.97. The summed E-state index contributed by atoms with van der Waals surface area (Å²) < 4.78 is 0. The topological polar surface area (TPSA) is 20.2 Å². The van der Waals surface area contributed by atoms with Gasteiger partial charge in [-0.3, -0.25) is 0 Å². The van der Waals surface area contributed by atoms with Crippen molar-refractivity contribution in [2.24, 2.45) is 23.2 Å². The summed E-state index contributed by atoms with van der Waals surface area (Å²) in [4.78, 5) is 0. The summed E-state index contributed by atoms with van der Waals surface area (Å²) in [5.41, 5.74) is 0.334. The molecule has 0 fully saturated rings. The predicted octanol–water partition coefficient (Wildman–Crippen LogP) is 3.71. The second kappa shape index (κ2) is 5.16. The summed E-state index contributed by atoms with van der Waals surface area (Å²) in [5, 5.41) is 9.81. The van der Waals surface area contributed by atoms with E-state index in [2.05, 4.69) is 48.5 Å². The monoisotopic (exact) mass is 200 g/mol. The third-order valence-electron chi connectivity index (χ3n) is 4.01. The van der Waals surface area contributed by atoms with Crippen molar-refractivity contribution in [1.82, 2.24) is 0 Å². The molecule has 0 heterocycles. The van der Waals surface area contributed by atoms with Crippen LogP contribution in [-0.2, 0) is 0 Å². The van der Waals surface area contributed by atoms with Gasteiger partial charge in [-0.05, 0) is 29.6 Å².